The maximum atomic E-state index is 12.9. The molecule has 0 bridgehead atoms. The van der Waals surface area contributed by atoms with Crippen molar-refractivity contribution >= 4 is 44.9 Å². The van der Waals surface area contributed by atoms with Crippen molar-refractivity contribution in [2.45, 2.75) is 26.5 Å². The fourth-order valence-electron chi connectivity index (χ4n) is 3.95. The molecular weight excluding hydrogens is 458 g/mol. The van der Waals surface area contributed by atoms with E-state index in [1.807, 2.05) is 60.3 Å². The van der Waals surface area contributed by atoms with Gasteiger partial charge in [0.15, 0.2) is 0 Å². The van der Waals surface area contributed by atoms with Gasteiger partial charge in [-0.05, 0) is 43.7 Å². The lowest BCUT2D eigenvalue weighted by Gasteiger charge is -2.32. The summed E-state index contributed by atoms with van der Waals surface area (Å²) >= 11 is 7.78. The van der Waals surface area contributed by atoms with Crippen LogP contribution in [0.3, 0.4) is 0 Å². The molecule has 4 aromatic rings. The second-order valence-electron chi connectivity index (χ2n) is 8.11. The van der Waals surface area contributed by atoms with Gasteiger partial charge < -0.3 is 15.0 Å². The topological polar surface area (TPSA) is 72.3 Å². The Hall–Kier alpha value is -2.94. The minimum atomic E-state index is -0.118. The maximum absolute atomic E-state index is 12.9. The van der Waals surface area contributed by atoms with E-state index in [1.165, 1.54) is 11.3 Å². The van der Waals surface area contributed by atoms with E-state index in [0.717, 1.165) is 46.1 Å². The monoisotopic (exact) mass is 481 g/mol. The summed E-state index contributed by atoms with van der Waals surface area (Å²) in [6.45, 7) is 6.80. The molecule has 1 saturated heterocycles. The third-order valence-corrected chi connectivity index (χ3v) is 7.11. The smallest absolute Gasteiger partial charge is 0.261 e. The third-order valence-electron chi connectivity index (χ3n) is 5.68. The number of morpholine rings is 1. The molecule has 1 N–H and O–H groups in total. The summed E-state index contributed by atoms with van der Waals surface area (Å²) < 4.78 is 7.40. The molecule has 4 heterocycles. The highest BCUT2D eigenvalue weighted by atomic mass is 35.5. The molecule has 0 radical (unpaired) electrons. The van der Waals surface area contributed by atoms with Crippen molar-refractivity contribution in [3.63, 3.8) is 0 Å². The fourth-order valence-corrected chi connectivity index (χ4v) is 5.26. The highest BCUT2D eigenvalue weighted by molar-refractivity contribution is 7.20. The van der Waals surface area contributed by atoms with Gasteiger partial charge in [-0.2, -0.15) is 5.10 Å². The van der Waals surface area contributed by atoms with Crippen LogP contribution in [-0.4, -0.2) is 46.5 Å². The number of nitrogens with one attached hydrogen (secondary N) is 1. The quantitative estimate of drug-likeness (QED) is 0.451. The van der Waals surface area contributed by atoms with Crippen LogP contribution < -0.4 is 10.2 Å². The summed E-state index contributed by atoms with van der Waals surface area (Å²) in [7, 11) is 0. The van der Waals surface area contributed by atoms with Gasteiger partial charge in [-0.3, -0.25) is 4.79 Å². The summed E-state index contributed by atoms with van der Waals surface area (Å²) in [6, 6.07) is 13.5. The molecule has 1 fully saturated rings. The number of halogens is 1. The molecule has 1 aliphatic rings. The van der Waals surface area contributed by atoms with Crippen molar-refractivity contribution in [2.75, 3.05) is 24.6 Å². The van der Waals surface area contributed by atoms with Crippen LogP contribution in [0.15, 0.2) is 48.7 Å². The Morgan fingerprint density at radius 1 is 1.30 bits per heavy atom. The van der Waals surface area contributed by atoms with Crippen LogP contribution in [0.1, 0.15) is 27.9 Å². The van der Waals surface area contributed by atoms with Crippen molar-refractivity contribution in [1.82, 2.24) is 20.1 Å². The SMILES string of the molecule is Cc1nn(-c2ccccc2Cl)c2sc(C(=O)NCc3ccc(N4CCOC(C)C4)nc3)cc12. The second-order valence-corrected chi connectivity index (χ2v) is 9.55. The van der Waals surface area contributed by atoms with Gasteiger partial charge in [0.25, 0.3) is 5.91 Å². The first-order valence-electron chi connectivity index (χ1n) is 10.8. The number of hydrogen-bond donors (Lipinski definition) is 1. The molecule has 1 aromatic carbocycles. The molecule has 7 nitrogen and oxygen atoms in total. The van der Waals surface area contributed by atoms with Crippen LogP contribution in [0.2, 0.25) is 5.02 Å². The van der Waals surface area contributed by atoms with Gasteiger partial charge in [0.05, 0.1) is 34.0 Å². The number of fused-ring (bicyclic) bond motifs is 1. The number of anilines is 1. The highest BCUT2D eigenvalue weighted by Crippen LogP contribution is 2.32. The van der Waals surface area contributed by atoms with E-state index in [-0.39, 0.29) is 12.0 Å². The Balaban J connectivity index is 1.29. The van der Waals surface area contributed by atoms with Crippen LogP contribution in [0.25, 0.3) is 15.9 Å². The predicted octanol–water partition coefficient (Wildman–Crippen LogP) is 4.60. The number of para-hydroxylation sites is 1. The second kappa shape index (κ2) is 9.13. The first kappa shape index (κ1) is 21.9. The average molecular weight is 482 g/mol. The van der Waals surface area contributed by atoms with Gasteiger partial charge in [0.1, 0.15) is 10.6 Å². The number of aryl methyl sites for hydroxylation is 1. The number of carbonyl (C=O) groups is 1. The van der Waals surface area contributed by atoms with Gasteiger partial charge in [0, 0.05) is 31.2 Å². The first-order chi connectivity index (χ1) is 16.0. The number of nitrogens with zero attached hydrogens (tertiary/aromatic N) is 4. The van der Waals surface area contributed by atoms with E-state index in [4.69, 9.17) is 16.3 Å². The lowest BCUT2D eigenvalue weighted by atomic mass is 10.2. The highest BCUT2D eigenvalue weighted by Gasteiger charge is 2.19. The predicted molar refractivity (Wildman–Crippen MR) is 132 cm³/mol. The number of benzene rings is 1. The Kier molecular flexibility index (Phi) is 6.05. The maximum Gasteiger partial charge on any atom is 0.261 e. The van der Waals surface area contributed by atoms with Gasteiger partial charge in [-0.25, -0.2) is 9.67 Å². The van der Waals surface area contributed by atoms with Crippen molar-refractivity contribution in [2.24, 2.45) is 0 Å². The van der Waals surface area contributed by atoms with E-state index in [1.54, 1.807) is 0 Å². The van der Waals surface area contributed by atoms with Crippen molar-refractivity contribution < 1.29 is 9.53 Å². The third kappa shape index (κ3) is 4.46. The van der Waals surface area contributed by atoms with Crippen molar-refractivity contribution in [3.8, 4) is 5.69 Å². The zero-order valence-electron chi connectivity index (χ0n) is 18.4. The number of hydrogen-bond acceptors (Lipinski definition) is 6. The van der Waals surface area contributed by atoms with Crippen LogP contribution in [-0.2, 0) is 11.3 Å². The number of carbonyl (C=O) groups excluding carboxylic acids is 1. The van der Waals surface area contributed by atoms with Crippen molar-refractivity contribution in [3.05, 3.63) is 69.8 Å². The number of amides is 1. The lowest BCUT2D eigenvalue weighted by Crippen LogP contribution is -2.41. The summed E-state index contributed by atoms with van der Waals surface area (Å²) in [5.74, 6) is 0.816. The molecule has 0 aliphatic carbocycles. The van der Waals surface area contributed by atoms with Crippen LogP contribution in [0.4, 0.5) is 5.82 Å². The van der Waals surface area contributed by atoms with Gasteiger partial charge in [-0.15, -0.1) is 11.3 Å². The summed E-state index contributed by atoms with van der Waals surface area (Å²) in [5, 5.41) is 9.19. The molecule has 1 aliphatic heterocycles. The van der Waals surface area contributed by atoms with E-state index in [9.17, 15) is 4.79 Å². The van der Waals surface area contributed by atoms with E-state index >= 15 is 0 Å². The zero-order chi connectivity index (χ0) is 22.9. The molecule has 0 spiro atoms. The minimum absolute atomic E-state index is 0.118. The van der Waals surface area contributed by atoms with Gasteiger partial charge in [0.2, 0.25) is 0 Å². The number of pyridine rings is 1. The molecular formula is C24H24ClN5O2S. The molecule has 1 atom stereocenters. The number of aromatic nitrogens is 3. The average Bonchev–Trinajstić information content (AvgIpc) is 3.39. The molecule has 0 saturated carbocycles. The Bertz CT molecular complexity index is 1300. The first-order valence-corrected chi connectivity index (χ1v) is 12.0. The summed E-state index contributed by atoms with van der Waals surface area (Å²) in [4.78, 5) is 21.2. The van der Waals surface area contributed by atoms with Crippen molar-refractivity contribution in [1.29, 1.82) is 0 Å². The molecule has 1 amide bonds. The molecule has 33 heavy (non-hydrogen) atoms. The molecule has 1 unspecified atom stereocenters. The zero-order valence-corrected chi connectivity index (χ0v) is 20.0. The Morgan fingerprint density at radius 2 is 2.15 bits per heavy atom. The fraction of sp³-hybridized carbons (Fsp3) is 0.292. The van der Waals surface area contributed by atoms with Crippen LogP contribution in [0.5, 0.6) is 0 Å². The number of ether oxygens (including phenoxy) is 1. The molecule has 5 rings (SSSR count). The van der Waals surface area contributed by atoms with Gasteiger partial charge in [-0.1, -0.05) is 29.8 Å². The van der Waals surface area contributed by atoms with Crippen LogP contribution in [0, 0.1) is 6.92 Å². The number of rotatable bonds is 5. The standard InChI is InChI=1S/C24H24ClN5O2S/c1-15-14-29(9-10-32-15)22-8-7-17(12-26-22)13-27-23(31)21-11-18-16(2)28-30(24(18)33-21)20-6-4-3-5-19(20)25/h3-8,11-12,15H,9-10,13-14H2,1-2H3,(H,27,31). The number of thiophene rings is 1. The van der Waals surface area contributed by atoms with E-state index in [2.05, 4.69) is 27.2 Å². The lowest BCUT2D eigenvalue weighted by molar-refractivity contribution is 0.0529. The normalized spacial score (nSPS) is 16.3. The molecule has 170 valence electrons. The Morgan fingerprint density at radius 3 is 2.91 bits per heavy atom. The van der Waals surface area contributed by atoms with E-state index in [0.29, 0.717) is 23.1 Å². The summed E-state index contributed by atoms with van der Waals surface area (Å²) in [5.41, 5.74) is 2.61. The minimum Gasteiger partial charge on any atom is -0.375 e. The van der Waals surface area contributed by atoms with E-state index < -0.39 is 0 Å². The van der Waals surface area contributed by atoms with Gasteiger partial charge >= 0.3 is 0 Å². The summed E-state index contributed by atoms with van der Waals surface area (Å²) in [6.07, 6.45) is 2.02. The largest absolute Gasteiger partial charge is 0.375 e. The van der Waals surface area contributed by atoms with Crippen LogP contribution >= 0.6 is 22.9 Å². The molecule has 9 heteroatoms. The molecule has 3 aromatic heterocycles. The Labute approximate surface area is 200 Å².